The average molecular weight is 540 g/mol. The zero-order valence-corrected chi connectivity index (χ0v) is 21.5. The fourth-order valence-electron chi connectivity index (χ4n) is 3.19. The van der Waals surface area contributed by atoms with Gasteiger partial charge in [0.25, 0.3) is 5.91 Å². The number of rotatable bonds is 8. The van der Waals surface area contributed by atoms with Crippen molar-refractivity contribution in [2.75, 3.05) is 11.9 Å². The van der Waals surface area contributed by atoms with Crippen molar-refractivity contribution >= 4 is 45.2 Å². The third-order valence-corrected chi connectivity index (χ3v) is 5.75. The van der Waals surface area contributed by atoms with Gasteiger partial charge in [0.05, 0.1) is 11.6 Å². The lowest BCUT2D eigenvalue weighted by atomic mass is 10.1. The molecule has 0 fully saturated rings. The van der Waals surface area contributed by atoms with E-state index >= 15 is 0 Å². The van der Waals surface area contributed by atoms with Crippen LogP contribution >= 0.6 is 27.5 Å². The molecule has 34 heavy (non-hydrogen) atoms. The van der Waals surface area contributed by atoms with Gasteiger partial charge in [0.1, 0.15) is 18.2 Å². The molecule has 5 nitrogen and oxygen atoms in total. The van der Waals surface area contributed by atoms with Gasteiger partial charge in [-0.05, 0) is 79.4 Å². The largest absolute Gasteiger partial charge is 0.490 e. The van der Waals surface area contributed by atoms with Gasteiger partial charge < -0.3 is 14.8 Å². The maximum Gasteiger partial charge on any atom is 0.266 e. The Labute approximate surface area is 213 Å². The molecular weight excluding hydrogens is 516 g/mol. The van der Waals surface area contributed by atoms with Gasteiger partial charge in [-0.2, -0.15) is 5.26 Å². The Morgan fingerprint density at radius 1 is 1.12 bits per heavy atom. The number of carbonyl (C=O) groups is 1. The molecule has 0 spiro atoms. The van der Waals surface area contributed by atoms with Gasteiger partial charge in [-0.3, -0.25) is 4.79 Å². The minimum Gasteiger partial charge on any atom is -0.490 e. The average Bonchev–Trinajstić information content (AvgIpc) is 2.80. The van der Waals surface area contributed by atoms with E-state index in [1.807, 2.05) is 69.3 Å². The summed E-state index contributed by atoms with van der Waals surface area (Å²) in [5.74, 6) is 0.341. The molecule has 0 unspecified atom stereocenters. The lowest BCUT2D eigenvalue weighted by Gasteiger charge is -2.15. The minimum atomic E-state index is -0.499. The van der Waals surface area contributed by atoms with Crippen LogP contribution in [0, 0.1) is 25.2 Å². The topological polar surface area (TPSA) is 71.3 Å². The monoisotopic (exact) mass is 538 g/mol. The number of nitrogens with zero attached hydrogens (tertiary/aromatic N) is 1. The summed E-state index contributed by atoms with van der Waals surface area (Å²) in [5.41, 5.74) is 4.05. The number of hydrogen-bond donors (Lipinski definition) is 1. The predicted molar refractivity (Wildman–Crippen MR) is 139 cm³/mol. The van der Waals surface area contributed by atoms with Crippen LogP contribution in [0.1, 0.15) is 29.2 Å². The van der Waals surface area contributed by atoms with Gasteiger partial charge in [-0.1, -0.05) is 51.8 Å². The van der Waals surface area contributed by atoms with Gasteiger partial charge in [0, 0.05) is 10.2 Å². The maximum atomic E-state index is 12.8. The van der Waals surface area contributed by atoms with Gasteiger partial charge in [-0.25, -0.2) is 0 Å². The van der Waals surface area contributed by atoms with Crippen molar-refractivity contribution in [1.29, 1.82) is 5.26 Å². The molecule has 7 heteroatoms. The summed E-state index contributed by atoms with van der Waals surface area (Å²) in [6, 6.07) is 18.8. The van der Waals surface area contributed by atoms with E-state index in [-0.39, 0.29) is 5.57 Å². The molecule has 0 atom stereocenters. The molecule has 1 amide bonds. The smallest absolute Gasteiger partial charge is 0.266 e. The first-order valence-electron chi connectivity index (χ1n) is 10.6. The van der Waals surface area contributed by atoms with Gasteiger partial charge in [0.2, 0.25) is 0 Å². The fraction of sp³-hybridized carbons (Fsp3) is 0.185. The lowest BCUT2D eigenvalue weighted by molar-refractivity contribution is -0.112. The Morgan fingerprint density at radius 3 is 2.53 bits per heavy atom. The number of benzene rings is 3. The summed E-state index contributed by atoms with van der Waals surface area (Å²) in [6.45, 7) is 6.40. The van der Waals surface area contributed by atoms with Gasteiger partial charge in [-0.15, -0.1) is 0 Å². The summed E-state index contributed by atoms with van der Waals surface area (Å²) in [5, 5.41) is 12.7. The molecule has 3 aromatic carbocycles. The summed E-state index contributed by atoms with van der Waals surface area (Å²) in [6.07, 6.45) is 1.48. The molecule has 0 aromatic heterocycles. The highest BCUT2D eigenvalue weighted by atomic mass is 79.9. The van der Waals surface area contributed by atoms with E-state index < -0.39 is 5.91 Å². The van der Waals surface area contributed by atoms with E-state index in [2.05, 4.69) is 21.2 Å². The van der Waals surface area contributed by atoms with E-state index in [0.717, 1.165) is 21.2 Å². The Hall–Kier alpha value is -3.27. The van der Waals surface area contributed by atoms with Crippen LogP contribution in [0.5, 0.6) is 11.5 Å². The van der Waals surface area contributed by atoms with Crippen molar-refractivity contribution in [2.24, 2.45) is 0 Å². The first-order chi connectivity index (χ1) is 16.3. The van der Waals surface area contributed by atoms with Crippen molar-refractivity contribution in [3.05, 3.63) is 91.9 Å². The first-order valence-corrected chi connectivity index (χ1v) is 11.8. The van der Waals surface area contributed by atoms with Crippen LogP contribution in [0.25, 0.3) is 6.08 Å². The number of nitriles is 1. The molecule has 3 aromatic rings. The molecule has 174 valence electrons. The van der Waals surface area contributed by atoms with E-state index in [1.165, 1.54) is 6.08 Å². The number of anilines is 1. The minimum absolute atomic E-state index is 0.0528. The van der Waals surface area contributed by atoms with Crippen molar-refractivity contribution in [3.8, 4) is 17.6 Å². The van der Waals surface area contributed by atoms with Crippen LogP contribution in [-0.4, -0.2) is 12.5 Å². The van der Waals surface area contributed by atoms with Crippen LogP contribution in [0.3, 0.4) is 0 Å². The highest BCUT2D eigenvalue weighted by Crippen LogP contribution is 2.38. The van der Waals surface area contributed by atoms with Crippen LogP contribution < -0.4 is 14.8 Å². The zero-order chi connectivity index (χ0) is 24.7. The molecule has 0 aliphatic rings. The van der Waals surface area contributed by atoms with E-state index in [0.29, 0.717) is 41.0 Å². The number of amides is 1. The molecule has 0 aliphatic carbocycles. The zero-order valence-electron chi connectivity index (χ0n) is 19.1. The predicted octanol–water partition coefficient (Wildman–Crippen LogP) is 7.24. The fourth-order valence-corrected chi connectivity index (χ4v) is 3.72. The van der Waals surface area contributed by atoms with Crippen LogP contribution in [0.4, 0.5) is 5.69 Å². The van der Waals surface area contributed by atoms with Crippen LogP contribution in [-0.2, 0) is 11.4 Å². The standard InChI is InChI=1S/C27H24BrClN2O3/c1-4-33-25-14-20(13-23(29)26(25)34-16-19-7-9-22(28)10-8-19)12-21(15-30)27(32)31-24-11-17(2)5-6-18(24)3/h5-14H,4,16H2,1-3H3,(H,31,32)/b21-12+. The molecular formula is C27H24BrClN2O3. The highest BCUT2D eigenvalue weighted by molar-refractivity contribution is 9.10. The van der Waals surface area contributed by atoms with E-state index in [4.69, 9.17) is 21.1 Å². The first kappa shape index (κ1) is 25.4. The van der Waals surface area contributed by atoms with Crippen molar-refractivity contribution < 1.29 is 14.3 Å². The third kappa shape index (κ3) is 6.63. The Balaban J connectivity index is 1.85. The number of carbonyl (C=O) groups excluding carboxylic acids is 1. The molecule has 0 saturated carbocycles. The number of aryl methyl sites for hydroxylation is 2. The SMILES string of the molecule is CCOc1cc(/C=C(\C#N)C(=O)Nc2cc(C)ccc2C)cc(Cl)c1OCc1ccc(Br)cc1. The lowest BCUT2D eigenvalue weighted by Crippen LogP contribution is -2.14. The number of nitrogens with one attached hydrogen (secondary N) is 1. The van der Waals surface area contributed by atoms with E-state index in [9.17, 15) is 10.1 Å². The highest BCUT2D eigenvalue weighted by Gasteiger charge is 2.15. The number of ether oxygens (including phenoxy) is 2. The summed E-state index contributed by atoms with van der Waals surface area (Å²) >= 11 is 9.93. The van der Waals surface area contributed by atoms with E-state index in [1.54, 1.807) is 12.1 Å². The van der Waals surface area contributed by atoms with Crippen molar-refractivity contribution in [2.45, 2.75) is 27.4 Å². The second-order valence-corrected chi connectivity index (χ2v) is 8.94. The quantitative estimate of drug-likeness (QED) is 0.242. The van der Waals surface area contributed by atoms with Crippen LogP contribution in [0.15, 0.2) is 64.6 Å². The number of halogens is 2. The normalized spacial score (nSPS) is 11.0. The maximum absolute atomic E-state index is 12.8. The molecule has 0 bridgehead atoms. The molecule has 0 radical (unpaired) electrons. The molecule has 1 N–H and O–H groups in total. The second kappa shape index (κ2) is 11.7. The van der Waals surface area contributed by atoms with Crippen molar-refractivity contribution in [3.63, 3.8) is 0 Å². The Morgan fingerprint density at radius 2 is 1.85 bits per heavy atom. The molecule has 0 heterocycles. The Bertz CT molecular complexity index is 1260. The van der Waals surface area contributed by atoms with Crippen molar-refractivity contribution in [1.82, 2.24) is 0 Å². The molecule has 0 saturated heterocycles. The van der Waals surface area contributed by atoms with Gasteiger partial charge >= 0.3 is 0 Å². The third-order valence-electron chi connectivity index (χ3n) is 4.95. The van der Waals surface area contributed by atoms with Crippen LogP contribution in [0.2, 0.25) is 5.02 Å². The molecule has 0 aliphatic heterocycles. The summed E-state index contributed by atoms with van der Waals surface area (Å²) in [4.78, 5) is 12.8. The summed E-state index contributed by atoms with van der Waals surface area (Å²) < 4.78 is 12.7. The Kier molecular flexibility index (Phi) is 8.75. The van der Waals surface area contributed by atoms with Gasteiger partial charge in [0.15, 0.2) is 11.5 Å². The molecule has 3 rings (SSSR count). The summed E-state index contributed by atoms with van der Waals surface area (Å²) in [7, 11) is 0. The second-order valence-electron chi connectivity index (χ2n) is 7.62. The number of hydrogen-bond acceptors (Lipinski definition) is 4.